The molecule has 2 rings (SSSR count). The van der Waals surface area contributed by atoms with Gasteiger partial charge in [0.15, 0.2) is 5.16 Å². The lowest BCUT2D eigenvalue weighted by Gasteiger charge is -2.17. The Morgan fingerprint density at radius 2 is 1.73 bits per heavy atom. The molecular formula is C19H24N4O2S. The molecule has 7 heteroatoms. The number of anilines is 1. The van der Waals surface area contributed by atoms with Crippen molar-refractivity contribution in [1.82, 2.24) is 14.9 Å². The number of amides is 2. The van der Waals surface area contributed by atoms with Crippen LogP contribution in [0.15, 0.2) is 29.4 Å². The van der Waals surface area contributed by atoms with E-state index < -0.39 is 0 Å². The average molecular weight is 372 g/mol. The molecule has 0 saturated carbocycles. The molecule has 0 fully saturated rings. The van der Waals surface area contributed by atoms with Gasteiger partial charge in [0, 0.05) is 24.1 Å². The number of hydrogen-bond donors (Lipinski definition) is 1. The number of carbonyl (C=O) groups is 2. The van der Waals surface area contributed by atoms with Crippen LogP contribution in [0.25, 0.3) is 0 Å². The van der Waals surface area contributed by atoms with Crippen molar-refractivity contribution < 1.29 is 9.59 Å². The van der Waals surface area contributed by atoms with Crippen LogP contribution in [0.3, 0.4) is 0 Å². The van der Waals surface area contributed by atoms with E-state index in [4.69, 9.17) is 0 Å². The van der Waals surface area contributed by atoms with Crippen molar-refractivity contribution in [3.05, 3.63) is 46.8 Å². The predicted molar refractivity (Wildman–Crippen MR) is 104 cm³/mol. The average Bonchev–Trinajstić information content (AvgIpc) is 2.55. The zero-order valence-electron chi connectivity index (χ0n) is 15.8. The number of thioether (sulfide) groups is 1. The fourth-order valence-corrected chi connectivity index (χ4v) is 3.25. The third-order valence-corrected chi connectivity index (χ3v) is 4.59. The Hall–Kier alpha value is -2.41. The number of aromatic nitrogens is 2. The van der Waals surface area contributed by atoms with Gasteiger partial charge < -0.3 is 10.2 Å². The van der Waals surface area contributed by atoms with E-state index in [1.807, 2.05) is 52.0 Å². The Balaban J connectivity index is 1.87. The highest BCUT2D eigenvalue weighted by atomic mass is 32.2. The van der Waals surface area contributed by atoms with Crippen molar-refractivity contribution >= 4 is 29.3 Å². The maximum absolute atomic E-state index is 12.3. The Morgan fingerprint density at radius 3 is 2.38 bits per heavy atom. The van der Waals surface area contributed by atoms with Crippen LogP contribution in [0.2, 0.25) is 0 Å². The summed E-state index contributed by atoms with van der Waals surface area (Å²) in [7, 11) is 1.62. The first-order valence-corrected chi connectivity index (χ1v) is 9.29. The first-order valence-electron chi connectivity index (χ1n) is 8.31. The minimum atomic E-state index is -0.220. The summed E-state index contributed by atoms with van der Waals surface area (Å²) in [5.74, 6) is -0.174. The van der Waals surface area contributed by atoms with E-state index in [2.05, 4.69) is 15.3 Å². The molecule has 6 nitrogen and oxygen atoms in total. The molecule has 1 N–H and O–H groups in total. The van der Waals surface area contributed by atoms with E-state index in [-0.39, 0.29) is 24.1 Å². The van der Waals surface area contributed by atoms with Gasteiger partial charge in [0.1, 0.15) is 0 Å². The van der Waals surface area contributed by atoms with E-state index in [1.165, 1.54) is 16.7 Å². The van der Waals surface area contributed by atoms with E-state index in [9.17, 15) is 9.59 Å². The first kappa shape index (κ1) is 19.9. The van der Waals surface area contributed by atoms with Crippen molar-refractivity contribution in [2.45, 2.75) is 32.9 Å². The third-order valence-electron chi connectivity index (χ3n) is 3.76. The number of benzene rings is 1. The standard InChI is InChI=1S/C19H24N4O2S/c1-12-6-7-13(2)16(8-12)22-17(24)10-23(5)18(25)11-26-19-20-14(3)9-15(4)21-19/h6-9H,10-11H2,1-5H3,(H,22,24). The molecule has 0 atom stereocenters. The van der Waals surface area contributed by atoms with Gasteiger partial charge in [-0.3, -0.25) is 9.59 Å². The zero-order valence-corrected chi connectivity index (χ0v) is 16.6. The minimum Gasteiger partial charge on any atom is -0.336 e. The SMILES string of the molecule is Cc1ccc(C)c(NC(=O)CN(C)C(=O)CSc2nc(C)cc(C)n2)c1. The number of rotatable bonds is 6. The molecule has 1 aromatic carbocycles. The van der Waals surface area contributed by atoms with E-state index in [0.717, 1.165) is 28.2 Å². The molecule has 2 amide bonds. The second kappa shape index (κ2) is 8.80. The van der Waals surface area contributed by atoms with Gasteiger partial charge in [-0.1, -0.05) is 23.9 Å². The fraction of sp³-hybridized carbons (Fsp3) is 0.368. The second-order valence-corrected chi connectivity index (χ2v) is 7.28. The molecule has 0 saturated heterocycles. The number of hydrogen-bond acceptors (Lipinski definition) is 5. The van der Waals surface area contributed by atoms with Crippen molar-refractivity contribution in [3.63, 3.8) is 0 Å². The molecule has 0 unspecified atom stereocenters. The summed E-state index contributed by atoms with van der Waals surface area (Å²) < 4.78 is 0. The summed E-state index contributed by atoms with van der Waals surface area (Å²) in [6, 6.07) is 7.76. The van der Waals surface area contributed by atoms with Gasteiger partial charge in [0.05, 0.1) is 12.3 Å². The van der Waals surface area contributed by atoms with Crippen LogP contribution in [0, 0.1) is 27.7 Å². The van der Waals surface area contributed by atoms with Crippen LogP contribution in [-0.4, -0.2) is 46.0 Å². The quantitative estimate of drug-likeness (QED) is 0.623. The summed E-state index contributed by atoms with van der Waals surface area (Å²) >= 11 is 1.28. The van der Waals surface area contributed by atoms with Gasteiger partial charge in [-0.25, -0.2) is 9.97 Å². The molecule has 138 valence electrons. The van der Waals surface area contributed by atoms with E-state index in [1.54, 1.807) is 7.05 Å². The lowest BCUT2D eigenvalue weighted by molar-refractivity contribution is -0.131. The number of likely N-dealkylation sites (N-methyl/N-ethyl adjacent to an activating group) is 1. The monoisotopic (exact) mass is 372 g/mol. The van der Waals surface area contributed by atoms with Gasteiger partial charge in [0.2, 0.25) is 11.8 Å². The van der Waals surface area contributed by atoms with Crippen molar-refractivity contribution in [3.8, 4) is 0 Å². The molecule has 0 aliphatic heterocycles. The summed E-state index contributed by atoms with van der Waals surface area (Å²) in [5, 5.41) is 3.43. The topological polar surface area (TPSA) is 75.2 Å². The summed E-state index contributed by atoms with van der Waals surface area (Å²) in [6.45, 7) is 7.69. The van der Waals surface area contributed by atoms with Crippen molar-refractivity contribution in [1.29, 1.82) is 0 Å². The Kier molecular flexibility index (Phi) is 6.74. The van der Waals surface area contributed by atoms with E-state index >= 15 is 0 Å². The molecule has 1 heterocycles. The van der Waals surface area contributed by atoms with Gasteiger partial charge in [-0.15, -0.1) is 0 Å². The fourth-order valence-electron chi connectivity index (χ4n) is 2.36. The highest BCUT2D eigenvalue weighted by molar-refractivity contribution is 7.99. The van der Waals surface area contributed by atoms with Crippen LogP contribution < -0.4 is 5.32 Å². The van der Waals surface area contributed by atoms with Crippen molar-refractivity contribution in [2.24, 2.45) is 0 Å². The normalized spacial score (nSPS) is 10.5. The molecule has 0 radical (unpaired) electrons. The molecule has 1 aromatic heterocycles. The largest absolute Gasteiger partial charge is 0.336 e. The molecule has 0 bridgehead atoms. The molecule has 0 aliphatic rings. The molecule has 2 aromatic rings. The van der Waals surface area contributed by atoms with Gasteiger partial charge in [-0.05, 0) is 51.0 Å². The Bertz CT molecular complexity index is 803. The Labute approximate surface area is 158 Å². The maximum atomic E-state index is 12.3. The van der Waals surface area contributed by atoms with Crippen LogP contribution in [0.4, 0.5) is 5.69 Å². The van der Waals surface area contributed by atoms with E-state index in [0.29, 0.717) is 5.16 Å². The second-order valence-electron chi connectivity index (χ2n) is 6.34. The summed E-state index contributed by atoms with van der Waals surface area (Å²) in [6.07, 6.45) is 0. The third kappa shape index (κ3) is 5.84. The van der Waals surface area contributed by atoms with Gasteiger partial charge in [0.25, 0.3) is 0 Å². The summed E-state index contributed by atoms with van der Waals surface area (Å²) in [4.78, 5) is 34.5. The lowest BCUT2D eigenvalue weighted by atomic mass is 10.1. The Morgan fingerprint density at radius 1 is 1.08 bits per heavy atom. The summed E-state index contributed by atoms with van der Waals surface area (Å²) in [5.41, 5.74) is 4.57. The maximum Gasteiger partial charge on any atom is 0.243 e. The highest BCUT2D eigenvalue weighted by Crippen LogP contribution is 2.17. The van der Waals surface area contributed by atoms with Crippen LogP contribution >= 0.6 is 11.8 Å². The van der Waals surface area contributed by atoms with Gasteiger partial charge in [-0.2, -0.15) is 0 Å². The van der Waals surface area contributed by atoms with Crippen LogP contribution in [0.5, 0.6) is 0 Å². The van der Waals surface area contributed by atoms with Gasteiger partial charge >= 0.3 is 0 Å². The number of nitrogens with one attached hydrogen (secondary N) is 1. The molecule has 26 heavy (non-hydrogen) atoms. The first-order chi connectivity index (χ1) is 12.2. The molecule has 0 aliphatic carbocycles. The lowest BCUT2D eigenvalue weighted by Crippen LogP contribution is -2.36. The molecule has 0 spiro atoms. The molecular weight excluding hydrogens is 348 g/mol. The number of nitrogens with zero attached hydrogens (tertiary/aromatic N) is 3. The number of aryl methyl sites for hydroxylation is 4. The number of carbonyl (C=O) groups excluding carboxylic acids is 2. The zero-order chi connectivity index (χ0) is 19.3. The minimum absolute atomic E-state index is 0.000474. The van der Waals surface area contributed by atoms with Crippen LogP contribution in [0.1, 0.15) is 22.5 Å². The predicted octanol–water partition coefficient (Wildman–Crippen LogP) is 2.90. The van der Waals surface area contributed by atoms with Crippen molar-refractivity contribution in [2.75, 3.05) is 24.7 Å². The van der Waals surface area contributed by atoms with Crippen LogP contribution in [-0.2, 0) is 9.59 Å². The smallest absolute Gasteiger partial charge is 0.243 e. The highest BCUT2D eigenvalue weighted by Gasteiger charge is 2.15.